The Morgan fingerprint density at radius 1 is 0.963 bits per heavy atom. The highest BCUT2D eigenvalue weighted by Crippen LogP contribution is 2.38. The lowest BCUT2D eigenvalue weighted by atomic mass is 10.2. The van der Waals surface area contributed by atoms with Crippen molar-refractivity contribution in [3.8, 4) is 17.2 Å². The molecular weight excluding hydrogens is 372 g/mol. The number of likely N-dealkylation sites (N-methyl/N-ethyl adjacent to an activating group) is 1. The number of hydrogen-bond acceptors (Lipinski definition) is 7. The van der Waals surface area contributed by atoms with Crippen LogP contribution < -0.4 is 14.2 Å². The molecule has 0 bridgehead atoms. The van der Waals surface area contributed by atoms with Crippen LogP contribution in [-0.4, -0.2) is 88.2 Å². The second-order valence-corrected chi connectivity index (χ2v) is 6.44. The van der Waals surface area contributed by atoms with E-state index in [1.807, 2.05) is 12.1 Å². The second-order valence-electron chi connectivity index (χ2n) is 6.44. The van der Waals surface area contributed by atoms with Crippen molar-refractivity contribution in [1.29, 1.82) is 0 Å². The summed E-state index contributed by atoms with van der Waals surface area (Å²) >= 11 is 0. The van der Waals surface area contributed by atoms with E-state index in [1.165, 1.54) is 0 Å². The summed E-state index contributed by atoms with van der Waals surface area (Å²) in [6.45, 7) is 8.71. The number of aliphatic hydroxyl groups excluding tert-OH is 1. The Bertz CT molecular complexity index is 528. The first kappa shape index (κ1) is 23.8. The predicted octanol–water partition coefficient (Wildman–Crippen LogP) is 1.65. The van der Waals surface area contributed by atoms with E-state index in [0.29, 0.717) is 37.0 Å². The summed E-state index contributed by atoms with van der Waals surface area (Å²) in [5.41, 5.74) is 0.906. The summed E-state index contributed by atoms with van der Waals surface area (Å²) in [7, 11) is 4.75. The number of rotatable bonds is 10. The summed E-state index contributed by atoms with van der Waals surface area (Å²) < 4.78 is 21.7. The molecule has 1 unspecified atom stereocenters. The van der Waals surface area contributed by atoms with Crippen molar-refractivity contribution in [2.24, 2.45) is 0 Å². The highest BCUT2D eigenvalue weighted by atomic mass is 35.5. The fraction of sp³-hybridized carbons (Fsp3) is 0.684. The number of benzene rings is 1. The maximum absolute atomic E-state index is 10.2. The van der Waals surface area contributed by atoms with Crippen LogP contribution in [0.4, 0.5) is 0 Å². The van der Waals surface area contributed by atoms with Gasteiger partial charge in [-0.05, 0) is 24.2 Å². The molecule has 8 heteroatoms. The molecule has 1 fully saturated rings. The van der Waals surface area contributed by atoms with E-state index in [1.54, 1.807) is 21.3 Å². The van der Waals surface area contributed by atoms with Crippen molar-refractivity contribution in [2.45, 2.75) is 19.6 Å². The molecule has 0 saturated carbocycles. The van der Waals surface area contributed by atoms with Gasteiger partial charge in [0.05, 0.1) is 40.6 Å². The maximum Gasteiger partial charge on any atom is 0.203 e. The quantitative estimate of drug-likeness (QED) is 0.636. The largest absolute Gasteiger partial charge is 0.493 e. The van der Waals surface area contributed by atoms with Gasteiger partial charge in [0.25, 0.3) is 0 Å². The predicted molar refractivity (Wildman–Crippen MR) is 108 cm³/mol. The summed E-state index contributed by atoms with van der Waals surface area (Å²) in [5.74, 6) is 1.75. The van der Waals surface area contributed by atoms with E-state index in [4.69, 9.17) is 18.9 Å². The van der Waals surface area contributed by atoms with Gasteiger partial charge in [-0.1, -0.05) is 6.92 Å². The Labute approximate surface area is 168 Å². The summed E-state index contributed by atoms with van der Waals surface area (Å²) in [5, 5.41) is 10.2. The van der Waals surface area contributed by atoms with E-state index in [0.717, 1.165) is 38.3 Å². The standard InChI is InChI=1S/C19H32N2O5.ClH/c1-5-20-6-8-21(9-7-20)12-16(22)14-26-13-15-10-17(23-2)19(25-4)18(11-15)24-3;/h10-11,16,22H,5-9,12-14H2,1-4H3;1H. The fourth-order valence-corrected chi connectivity index (χ4v) is 3.17. The van der Waals surface area contributed by atoms with Crippen LogP contribution in [0.1, 0.15) is 12.5 Å². The number of halogens is 1. The minimum atomic E-state index is -0.495. The molecule has 1 atom stereocenters. The maximum atomic E-state index is 10.2. The fourth-order valence-electron chi connectivity index (χ4n) is 3.17. The Kier molecular flexibility index (Phi) is 10.8. The molecule has 0 aromatic heterocycles. The molecule has 0 aliphatic carbocycles. The molecular formula is C19H33ClN2O5. The van der Waals surface area contributed by atoms with E-state index in [2.05, 4.69) is 16.7 Å². The van der Waals surface area contributed by atoms with Gasteiger partial charge in [0.2, 0.25) is 5.75 Å². The van der Waals surface area contributed by atoms with Crippen LogP contribution in [0.3, 0.4) is 0 Å². The zero-order chi connectivity index (χ0) is 18.9. The third kappa shape index (κ3) is 7.01. The van der Waals surface area contributed by atoms with E-state index >= 15 is 0 Å². The molecule has 1 N–H and O–H groups in total. The van der Waals surface area contributed by atoms with Gasteiger partial charge >= 0.3 is 0 Å². The van der Waals surface area contributed by atoms with Crippen LogP contribution in [0.2, 0.25) is 0 Å². The molecule has 0 spiro atoms. The molecule has 1 saturated heterocycles. The monoisotopic (exact) mass is 404 g/mol. The molecule has 2 rings (SSSR count). The minimum absolute atomic E-state index is 0. The van der Waals surface area contributed by atoms with Crippen LogP contribution in [0.25, 0.3) is 0 Å². The van der Waals surface area contributed by atoms with Gasteiger partial charge in [0, 0.05) is 32.7 Å². The average molecular weight is 405 g/mol. The van der Waals surface area contributed by atoms with Crippen LogP contribution in [0.15, 0.2) is 12.1 Å². The Morgan fingerprint density at radius 2 is 1.52 bits per heavy atom. The van der Waals surface area contributed by atoms with Gasteiger partial charge in [0.15, 0.2) is 11.5 Å². The lowest BCUT2D eigenvalue weighted by molar-refractivity contribution is 0.00170. The molecule has 0 radical (unpaired) electrons. The molecule has 1 aromatic rings. The number of nitrogens with zero attached hydrogens (tertiary/aromatic N) is 2. The second kappa shape index (κ2) is 12.3. The Balaban J connectivity index is 0.00000364. The lowest BCUT2D eigenvalue weighted by Gasteiger charge is -2.34. The average Bonchev–Trinajstić information content (AvgIpc) is 2.67. The van der Waals surface area contributed by atoms with Gasteiger partial charge in [-0.3, -0.25) is 4.90 Å². The summed E-state index contributed by atoms with van der Waals surface area (Å²) in [4.78, 5) is 4.71. The van der Waals surface area contributed by atoms with E-state index in [9.17, 15) is 5.11 Å². The molecule has 1 heterocycles. The lowest BCUT2D eigenvalue weighted by Crippen LogP contribution is -2.48. The van der Waals surface area contributed by atoms with Crippen LogP contribution in [0.5, 0.6) is 17.2 Å². The zero-order valence-corrected chi connectivity index (χ0v) is 17.6. The smallest absolute Gasteiger partial charge is 0.203 e. The first-order valence-electron chi connectivity index (χ1n) is 9.10. The molecule has 27 heavy (non-hydrogen) atoms. The van der Waals surface area contributed by atoms with Gasteiger partial charge in [-0.15, -0.1) is 12.4 Å². The zero-order valence-electron chi connectivity index (χ0n) is 16.8. The van der Waals surface area contributed by atoms with Gasteiger partial charge in [-0.25, -0.2) is 0 Å². The highest BCUT2D eigenvalue weighted by Gasteiger charge is 2.18. The number of hydrogen-bond donors (Lipinski definition) is 1. The summed E-state index contributed by atoms with van der Waals surface area (Å²) in [6, 6.07) is 3.72. The summed E-state index contributed by atoms with van der Waals surface area (Å²) in [6.07, 6.45) is -0.495. The Morgan fingerprint density at radius 3 is 2.00 bits per heavy atom. The SMILES string of the molecule is CCN1CCN(CC(O)COCc2cc(OC)c(OC)c(OC)c2)CC1.Cl. The van der Waals surface area contributed by atoms with Crippen LogP contribution in [0, 0.1) is 0 Å². The van der Waals surface area contributed by atoms with Gasteiger partial charge < -0.3 is 29.0 Å². The highest BCUT2D eigenvalue weighted by molar-refractivity contribution is 5.85. The molecule has 1 aromatic carbocycles. The van der Waals surface area contributed by atoms with E-state index < -0.39 is 6.10 Å². The third-order valence-corrected chi connectivity index (χ3v) is 4.68. The van der Waals surface area contributed by atoms with Crippen molar-refractivity contribution in [3.05, 3.63) is 17.7 Å². The first-order chi connectivity index (χ1) is 12.6. The number of piperazine rings is 1. The van der Waals surface area contributed by atoms with E-state index in [-0.39, 0.29) is 12.4 Å². The molecule has 7 nitrogen and oxygen atoms in total. The molecule has 0 amide bonds. The number of aliphatic hydroxyl groups is 1. The van der Waals surface area contributed by atoms with Crippen molar-refractivity contribution >= 4 is 12.4 Å². The molecule has 156 valence electrons. The normalized spacial score (nSPS) is 16.5. The van der Waals surface area contributed by atoms with Crippen molar-refractivity contribution in [3.63, 3.8) is 0 Å². The van der Waals surface area contributed by atoms with Gasteiger partial charge in [0.1, 0.15) is 0 Å². The molecule has 1 aliphatic rings. The number of ether oxygens (including phenoxy) is 4. The van der Waals surface area contributed by atoms with Crippen molar-refractivity contribution in [1.82, 2.24) is 9.80 Å². The minimum Gasteiger partial charge on any atom is -0.493 e. The van der Waals surface area contributed by atoms with Crippen LogP contribution >= 0.6 is 12.4 Å². The molecule has 1 aliphatic heterocycles. The van der Waals surface area contributed by atoms with Crippen LogP contribution in [-0.2, 0) is 11.3 Å². The topological polar surface area (TPSA) is 63.6 Å². The van der Waals surface area contributed by atoms with Crippen molar-refractivity contribution < 1.29 is 24.1 Å². The van der Waals surface area contributed by atoms with Gasteiger partial charge in [-0.2, -0.15) is 0 Å². The number of β-amino-alcohol motifs (C(OH)–C–C–N with tert-alkyl or cyclic N) is 1. The Hall–Kier alpha value is -1.25. The number of methoxy groups -OCH3 is 3. The third-order valence-electron chi connectivity index (χ3n) is 4.68. The van der Waals surface area contributed by atoms with Crippen molar-refractivity contribution in [2.75, 3.05) is 67.2 Å². The first-order valence-corrected chi connectivity index (χ1v) is 9.10.